The molecule has 2 aliphatic rings. The van der Waals surface area contributed by atoms with Gasteiger partial charge in [-0.2, -0.15) is 5.26 Å². The van der Waals surface area contributed by atoms with Gasteiger partial charge >= 0.3 is 0 Å². The lowest BCUT2D eigenvalue weighted by Gasteiger charge is -2.39. The Morgan fingerprint density at radius 3 is 2.50 bits per heavy atom. The zero-order valence-corrected chi connectivity index (χ0v) is 16.2. The van der Waals surface area contributed by atoms with Crippen molar-refractivity contribution in [3.05, 3.63) is 4.91 Å². The Morgan fingerprint density at radius 1 is 1.38 bits per heavy atom. The van der Waals surface area contributed by atoms with Gasteiger partial charge in [0.15, 0.2) is 0 Å². The number of sulfonamides is 1. The van der Waals surface area contributed by atoms with E-state index in [0.29, 0.717) is 25.7 Å². The van der Waals surface area contributed by atoms with Crippen LogP contribution in [0.1, 0.15) is 32.6 Å². The minimum absolute atomic E-state index is 0. The van der Waals surface area contributed by atoms with E-state index in [-0.39, 0.29) is 36.7 Å². The lowest BCUT2D eigenvalue weighted by atomic mass is 9.91. The highest BCUT2D eigenvalue weighted by Crippen LogP contribution is 2.30. The second kappa shape index (κ2) is 9.20. The maximum atomic E-state index is 11.4. The summed E-state index contributed by atoms with van der Waals surface area (Å²) in [5.74, 6) is 1.47. The van der Waals surface area contributed by atoms with Gasteiger partial charge in [0.1, 0.15) is 12.2 Å². The maximum absolute atomic E-state index is 11.4. The van der Waals surface area contributed by atoms with Gasteiger partial charge in [-0.3, -0.25) is 4.90 Å². The maximum Gasteiger partial charge on any atom is 0.208 e. The molecule has 0 spiro atoms. The SMILES string of the molecule is CC(N1CSCC1C#N)N(N=O)C1CCC(NS(C)(=O)=O)CC1.Cl. The molecule has 1 N–H and O–H groups in total. The van der Waals surface area contributed by atoms with Crippen LogP contribution in [0, 0.1) is 16.2 Å². The minimum atomic E-state index is -3.20. The smallest absolute Gasteiger partial charge is 0.208 e. The van der Waals surface area contributed by atoms with Crippen LogP contribution in [-0.2, 0) is 10.0 Å². The first-order valence-electron chi connectivity index (χ1n) is 7.67. The first-order chi connectivity index (χ1) is 10.9. The number of hydrogen-bond acceptors (Lipinski definition) is 7. The van der Waals surface area contributed by atoms with E-state index < -0.39 is 10.0 Å². The lowest BCUT2D eigenvalue weighted by molar-refractivity contribution is 0.0147. The van der Waals surface area contributed by atoms with Gasteiger partial charge in [-0.25, -0.2) is 18.1 Å². The number of nitrogens with zero attached hydrogens (tertiary/aromatic N) is 4. The lowest BCUT2D eigenvalue weighted by Crippen LogP contribution is -2.51. The summed E-state index contributed by atoms with van der Waals surface area (Å²) < 4.78 is 25.2. The van der Waals surface area contributed by atoms with Crippen LogP contribution in [0.3, 0.4) is 0 Å². The summed E-state index contributed by atoms with van der Waals surface area (Å²) in [5.41, 5.74) is 0. The van der Waals surface area contributed by atoms with Crippen molar-refractivity contribution in [2.75, 3.05) is 17.9 Å². The number of rotatable bonds is 6. The molecule has 0 radical (unpaired) electrons. The fourth-order valence-corrected chi connectivity index (χ4v) is 5.33. The second-order valence-corrected chi connectivity index (χ2v) is 8.93. The monoisotopic (exact) mass is 397 g/mol. The third-order valence-electron chi connectivity index (χ3n) is 4.47. The van der Waals surface area contributed by atoms with E-state index in [2.05, 4.69) is 16.1 Å². The molecule has 0 amide bonds. The van der Waals surface area contributed by atoms with E-state index in [9.17, 15) is 18.6 Å². The van der Waals surface area contributed by atoms with Crippen LogP contribution < -0.4 is 4.72 Å². The molecule has 0 aromatic heterocycles. The molecule has 138 valence electrons. The van der Waals surface area contributed by atoms with Gasteiger partial charge in [-0.1, -0.05) is 0 Å². The minimum Gasteiger partial charge on any atom is -0.256 e. The zero-order chi connectivity index (χ0) is 17.0. The standard InChI is InChI=1S/C13H23N5O3S2.ClH/c1-10(17-9-22-8-13(17)7-14)18(16-19)12-5-3-11(4-6-12)15-23(2,20)21;/h10-13,15H,3-6,8-9H2,1-2H3;1H. The van der Waals surface area contributed by atoms with Crippen LogP contribution in [0.25, 0.3) is 0 Å². The molecule has 1 heterocycles. The van der Waals surface area contributed by atoms with E-state index in [0.717, 1.165) is 17.9 Å². The van der Waals surface area contributed by atoms with Crippen molar-refractivity contribution in [3.63, 3.8) is 0 Å². The van der Waals surface area contributed by atoms with Crippen LogP contribution in [0.5, 0.6) is 0 Å². The van der Waals surface area contributed by atoms with Crippen LogP contribution >= 0.6 is 24.2 Å². The van der Waals surface area contributed by atoms with Crippen LogP contribution in [0.2, 0.25) is 0 Å². The number of nitroso groups, excluding NO2 is 1. The predicted octanol–water partition coefficient (Wildman–Crippen LogP) is 1.50. The van der Waals surface area contributed by atoms with E-state index in [1.54, 1.807) is 16.8 Å². The quantitative estimate of drug-likeness (QED) is 0.534. The van der Waals surface area contributed by atoms with E-state index in [1.807, 2.05) is 11.8 Å². The van der Waals surface area contributed by atoms with Crippen LogP contribution in [-0.4, -0.2) is 60.5 Å². The van der Waals surface area contributed by atoms with Crippen molar-refractivity contribution in [1.29, 1.82) is 5.26 Å². The summed E-state index contributed by atoms with van der Waals surface area (Å²) in [6.45, 7) is 1.90. The van der Waals surface area contributed by atoms with Gasteiger partial charge in [0.05, 0.1) is 23.7 Å². The topological polar surface area (TPSA) is 106 Å². The molecule has 1 aliphatic heterocycles. The number of nitrogens with one attached hydrogen (secondary N) is 1. The van der Waals surface area contributed by atoms with E-state index >= 15 is 0 Å². The van der Waals surface area contributed by atoms with Crippen LogP contribution in [0.4, 0.5) is 0 Å². The second-order valence-electron chi connectivity index (χ2n) is 6.15. The molecule has 2 fully saturated rings. The summed E-state index contributed by atoms with van der Waals surface area (Å²) in [6, 6.07) is 2.00. The third kappa shape index (κ3) is 5.46. The number of hydrogen-bond donors (Lipinski definition) is 1. The average Bonchev–Trinajstić information content (AvgIpc) is 2.96. The van der Waals surface area contributed by atoms with Crippen molar-refractivity contribution >= 4 is 34.2 Å². The van der Waals surface area contributed by atoms with Gasteiger partial charge in [0, 0.05) is 17.7 Å². The summed E-state index contributed by atoms with van der Waals surface area (Å²) in [6.07, 6.45) is 3.73. The van der Waals surface area contributed by atoms with Gasteiger partial charge < -0.3 is 0 Å². The fraction of sp³-hybridized carbons (Fsp3) is 0.923. The van der Waals surface area contributed by atoms with Crippen molar-refractivity contribution in [3.8, 4) is 6.07 Å². The van der Waals surface area contributed by atoms with E-state index in [4.69, 9.17) is 0 Å². The highest BCUT2D eigenvalue weighted by molar-refractivity contribution is 7.99. The Kier molecular flexibility index (Phi) is 8.22. The Morgan fingerprint density at radius 2 is 2.00 bits per heavy atom. The largest absolute Gasteiger partial charge is 0.256 e. The molecule has 0 aromatic rings. The van der Waals surface area contributed by atoms with Crippen molar-refractivity contribution in [2.45, 2.75) is 56.9 Å². The van der Waals surface area contributed by atoms with Crippen molar-refractivity contribution in [2.24, 2.45) is 5.29 Å². The van der Waals surface area contributed by atoms with Gasteiger partial charge in [-0.05, 0) is 32.6 Å². The van der Waals surface area contributed by atoms with Crippen molar-refractivity contribution in [1.82, 2.24) is 14.6 Å². The molecule has 8 nitrogen and oxygen atoms in total. The Bertz CT molecular complexity index is 562. The molecular formula is C13H24ClN5O3S2. The fourth-order valence-electron chi connectivity index (χ4n) is 3.29. The third-order valence-corrected chi connectivity index (χ3v) is 6.27. The molecule has 1 saturated carbocycles. The normalized spacial score (nSPS) is 29.3. The zero-order valence-electron chi connectivity index (χ0n) is 13.8. The number of nitriles is 1. The molecule has 2 atom stereocenters. The Hall–Kier alpha value is -0.600. The molecule has 1 saturated heterocycles. The van der Waals surface area contributed by atoms with Gasteiger partial charge in [0.2, 0.25) is 10.0 Å². The molecule has 2 unspecified atom stereocenters. The Labute approximate surface area is 153 Å². The molecule has 1 aliphatic carbocycles. The number of halogens is 1. The predicted molar refractivity (Wildman–Crippen MR) is 96.9 cm³/mol. The van der Waals surface area contributed by atoms with Crippen LogP contribution in [0.15, 0.2) is 5.29 Å². The van der Waals surface area contributed by atoms with Crippen molar-refractivity contribution < 1.29 is 8.42 Å². The summed E-state index contributed by atoms with van der Waals surface area (Å²) in [5, 5.41) is 14.0. The van der Waals surface area contributed by atoms with E-state index in [1.165, 1.54) is 0 Å². The van der Waals surface area contributed by atoms with Gasteiger partial charge in [0.25, 0.3) is 0 Å². The molecule has 0 bridgehead atoms. The summed E-state index contributed by atoms with van der Waals surface area (Å²) in [4.78, 5) is 13.3. The van der Waals surface area contributed by atoms with Gasteiger partial charge in [-0.15, -0.1) is 29.1 Å². The highest BCUT2D eigenvalue weighted by atomic mass is 35.5. The Balaban J connectivity index is 0.00000288. The summed E-state index contributed by atoms with van der Waals surface area (Å²) in [7, 11) is -3.20. The molecule has 11 heteroatoms. The molecule has 24 heavy (non-hydrogen) atoms. The molecular weight excluding hydrogens is 374 g/mol. The average molecular weight is 398 g/mol. The highest BCUT2D eigenvalue weighted by Gasteiger charge is 2.36. The molecule has 0 aromatic carbocycles. The number of thioether (sulfide) groups is 1. The first-order valence-corrected chi connectivity index (χ1v) is 10.7. The molecule has 2 rings (SSSR count). The summed E-state index contributed by atoms with van der Waals surface area (Å²) >= 11 is 1.68. The first kappa shape index (κ1) is 21.4.